The summed E-state index contributed by atoms with van der Waals surface area (Å²) in [6.45, 7) is 2.79. The molecule has 5 nitrogen and oxygen atoms in total. The van der Waals surface area contributed by atoms with E-state index in [4.69, 9.17) is 9.47 Å². The Morgan fingerprint density at radius 2 is 1.00 bits per heavy atom. The first-order valence-corrected chi connectivity index (χ1v) is 15.4. The molecule has 0 radical (unpaired) electrons. The summed E-state index contributed by atoms with van der Waals surface area (Å²) in [7, 11) is 0. The van der Waals surface area contributed by atoms with Crippen molar-refractivity contribution in [1.29, 1.82) is 0 Å². The Balaban J connectivity index is 1.18. The van der Waals surface area contributed by atoms with Crippen molar-refractivity contribution >= 4 is 44.4 Å². The van der Waals surface area contributed by atoms with Gasteiger partial charge in [0.25, 0.3) is 0 Å². The first-order chi connectivity index (χ1) is 22.3. The third kappa shape index (κ3) is 4.39. The van der Waals surface area contributed by atoms with Crippen LogP contribution in [-0.4, -0.2) is 42.7 Å². The Bertz CT molecular complexity index is 2300. The van der Waals surface area contributed by atoms with Crippen molar-refractivity contribution in [2.75, 3.05) is 26.3 Å². The molecule has 1 aromatic heterocycles. The van der Waals surface area contributed by atoms with Gasteiger partial charge in [-0.05, 0) is 76.2 Å². The third-order valence-corrected chi connectivity index (χ3v) is 8.86. The Morgan fingerprint density at radius 3 is 1.60 bits per heavy atom. The second-order valence-corrected chi connectivity index (χ2v) is 11.5. The fourth-order valence-electron chi connectivity index (χ4n) is 6.67. The zero-order valence-electron chi connectivity index (χ0n) is 24.6. The number of nitrogens with zero attached hydrogens (tertiary/aromatic N) is 3. The SMILES string of the molecule is c1ccc(-n2c3cc(-c4ccc(C5=NCCO5)cc4)ccc3c3ccc4cc(-c5ccc(C6=NCCO6)cc5)ccc4c32)cc1. The smallest absolute Gasteiger partial charge is 0.216 e. The molecule has 5 heteroatoms. The highest BCUT2D eigenvalue weighted by atomic mass is 16.5. The number of para-hydroxylation sites is 1. The summed E-state index contributed by atoms with van der Waals surface area (Å²) in [5, 5.41) is 4.92. The summed E-state index contributed by atoms with van der Waals surface area (Å²) < 4.78 is 13.7. The average Bonchev–Trinajstić information content (AvgIpc) is 3.90. The van der Waals surface area contributed by atoms with Crippen molar-refractivity contribution in [3.05, 3.63) is 139 Å². The maximum Gasteiger partial charge on any atom is 0.216 e. The largest absolute Gasteiger partial charge is 0.476 e. The average molecular weight is 584 g/mol. The van der Waals surface area contributed by atoms with Crippen LogP contribution in [0.25, 0.3) is 60.5 Å². The van der Waals surface area contributed by atoms with Crippen LogP contribution in [0.3, 0.4) is 0 Å². The van der Waals surface area contributed by atoms with E-state index in [-0.39, 0.29) is 0 Å². The number of ether oxygens (including phenoxy) is 2. The second kappa shape index (κ2) is 10.5. The first-order valence-electron chi connectivity index (χ1n) is 15.4. The van der Waals surface area contributed by atoms with E-state index in [2.05, 4.69) is 142 Å². The van der Waals surface area contributed by atoms with Crippen molar-refractivity contribution in [1.82, 2.24) is 4.57 Å². The van der Waals surface area contributed by atoms with Crippen LogP contribution in [0, 0.1) is 0 Å². The van der Waals surface area contributed by atoms with E-state index >= 15 is 0 Å². The van der Waals surface area contributed by atoms with Gasteiger partial charge in [0.2, 0.25) is 11.8 Å². The molecule has 0 spiro atoms. The van der Waals surface area contributed by atoms with E-state index in [0.29, 0.717) is 13.2 Å². The van der Waals surface area contributed by atoms with E-state index in [0.717, 1.165) is 47.3 Å². The van der Waals surface area contributed by atoms with Crippen LogP contribution in [0.4, 0.5) is 0 Å². The molecule has 0 amide bonds. The molecule has 0 saturated carbocycles. The lowest BCUT2D eigenvalue weighted by atomic mass is 9.98. The summed E-state index contributed by atoms with van der Waals surface area (Å²) >= 11 is 0. The lowest BCUT2D eigenvalue weighted by molar-refractivity contribution is 0.348. The molecule has 0 atom stereocenters. The van der Waals surface area contributed by atoms with Crippen LogP contribution < -0.4 is 0 Å². The zero-order chi connectivity index (χ0) is 29.7. The van der Waals surface area contributed by atoms with Crippen LogP contribution in [0.2, 0.25) is 0 Å². The lowest BCUT2D eigenvalue weighted by Crippen LogP contribution is -2.00. The van der Waals surface area contributed by atoms with Gasteiger partial charge in [-0.25, -0.2) is 9.98 Å². The molecule has 9 rings (SSSR count). The van der Waals surface area contributed by atoms with Crippen LogP contribution in [0.15, 0.2) is 137 Å². The molecule has 0 fully saturated rings. The van der Waals surface area contributed by atoms with Crippen LogP contribution >= 0.6 is 0 Å². The molecule has 45 heavy (non-hydrogen) atoms. The molecule has 2 aliphatic rings. The van der Waals surface area contributed by atoms with Crippen molar-refractivity contribution in [3.63, 3.8) is 0 Å². The highest BCUT2D eigenvalue weighted by Gasteiger charge is 2.17. The maximum absolute atomic E-state index is 5.67. The van der Waals surface area contributed by atoms with Crippen molar-refractivity contribution in [2.24, 2.45) is 9.98 Å². The molecule has 0 bridgehead atoms. The summed E-state index contributed by atoms with van der Waals surface area (Å²) in [4.78, 5) is 8.92. The van der Waals surface area contributed by atoms with Gasteiger partial charge in [-0.15, -0.1) is 0 Å². The molecular weight excluding hydrogens is 554 g/mol. The molecular formula is C40H29N3O2. The van der Waals surface area contributed by atoms with Gasteiger partial charge >= 0.3 is 0 Å². The summed E-state index contributed by atoms with van der Waals surface area (Å²) in [6, 6.07) is 45.9. The summed E-state index contributed by atoms with van der Waals surface area (Å²) in [6.07, 6.45) is 0. The number of hydrogen-bond acceptors (Lipinski definition) is 4. The number of rotatable bonds is 5. The van der Waals surface area contributed by atoms with Crippen molar-refractivity contribution < 1.29 is 9.47 Å². The van der Waals surface area contributed by atoms with E-state index < -0.39 is 0 Å². The third-order valence-electron chi connectivity index (χ3n) is 8.86. The molecule has 6 aromatic carbocycles. The van der Waals surface area contributed by atoms with Crippen molar-refractivity contribution in [3.8, 4) is 27.9 Å². The molecule has 3 heterocycles. The predicted molar refractivity (Wildman–Crippen MR) is 184 cm³/mol. The Hall–Kier alpha value is -5.68. The zero-order valence-corrected chi connectivity index (χ0v) is 24.6. The van der Waals surface area contributed by atoms with Crippen LogP contribution in [0.5, 0.6) is 0 Å². The highest BCUT2D eigenvalue weighted by Crippen LogP contribution is 2.39. The predicted octanol–water partition coefficient (Wildman–Crippen LogP) is 8.82. The molecule has 0 unspecified atom stereocenters. The first kappa shape index (κ1) is 25.8. The van der Waals surface area contributed by atoms with Gasteiger partial charge in [0, 0.05) is 33.0 Å². The van der Waals surface area contributed by atoms with Gasteiger partial charge in [-0.3, -0.25) is 0 Å². The highest BCUT2D eigenvalue weighted by molar-refractivity contribution is 6.19. The summed E-state index contributed by atoms with van der Waals surface area (Å²) in [5.74, 6) is 1.48. The monoisotopic (exact) mass is 583 g/mol. The van der Waals surface area contributed by atoms with E-state index in [1.807, 2.05) is 0 Å². The van der Waals surface area contributed by atoms with Crippen molar-refractivity contribution in [2.45, 2.75) is 0 Å². The minimum atomic E-state index is 0.660. The number of fused-ring (bicyclic) bond motifs is 5. The Labute approximate surface area is 260 Å². The molecule has 216 valence electrons. The number of aromatic nitrogens is 1. The summed E-state index contributed by atoms with van der Waals surface area (Å²) in [5.41, 5.74) is 10.3. The van der Waals surface area contributed by atoms with Gasteiger partial charge in [0.05, 0.1) is 24.1 Å². The minimum Gasteiger partial charge on any atom is -0.476 e. The Kier molecular flexibility index (Phi) is 6.01. The fraction of sp³-hybridized carbons (Fsp3) is 0.100. The molecule has 0 N–H and O–H groups in total. The second-order valence-electron chi connectivity index (χ2n) is 11.5. The Morgan fingerprint density at radius 1 is 0.467 bits per heavy atom. The van der Waals surface area contributed by atoms with E-state index in [9.17, 15) is 0 Å². The number of aliphatic imine (C=N–C) groups is 2. The lowest BCUT2D eigenvalue weighted by Gasteiger charge is -2.12. The molecule has 0 aliphatic carbocycles. The van der Waals surface area contributed by atoms with Crippen LogP contribution in [-0.2, 0) is 9.47 Å². The standard InChI is InChI=1S/C40H29N3O2/c1-2-4-33(5-3-1)43-37-25-31(27-8-12-29(13-9-27)40-42-21-23-45-40)15-18-35(37)36-19-16-32-24-30(14-17-34(32)38(36)43)26-6-10-28(11-7-26)39-41-20-22-44-39/h1-19,24-25H,20-23H2. The topological polar surface area (TPSA) is 48.1 Å². The van der Waals surface area contributed by atoms with Gasteiger partial charge in [-0.2, -0.15) is 0 Å². The van der Waals surface area contributed by atoms with Gasteiger partial charge in [0.1, 0.15) is 13.2 Å². The molecule has 7 aromatic rings. The normalized spacial score (nSPS) is 14.5. The number of benzene rings is 6. The van der Waals surface area contributed by atoms with Gasteiger partial charge in [-0.1, -0.05) is 78.9 Å². The van der Waals surface area contributed by atoms with E-state index in [1.54, 1.807) is 0 Å². The molecule has 0 saturated heterocycles. The minimum absolute atomic E-state index is 0.660. The van der Waals surface area contributed by atoms with Crippen LogP contribution in [0.1, 0.15) is 11.1 Å². The fourth-order valence-corrected chi connectivity index (χ4v) is 6.67. The quantitative estimate of drug-likeness (QED) is 0.203. The van der Waals surface area contributed by atoms with Gasteiger partial charge < -0.3 is 14.0 Å². The number of hydrogen-bond donors (Lipinski definition) is 0. The maximum atomic E-state index is 5.67. The molecule has 2 aliphatic heterocycles. The van der Waals surface area contributed by atoms with Gasteiger partial charge in [0.15, 0.2) is 0 Å². The van der Waals surface area contributed by atoms with E-state index in [1.165, 1.54) is 49.3 Å².